The third kappa shape index (κ3) is 6.83. The van der Waals surface area contributed by atoms with Crippen molar-refractivity contribution >= 4 is 25.5 Å². The van der Waals surface area contributed by atoms with Gasteiger partial charge in [-0.15, -0.1) is 0 Å². The Bertz CT molecular complexity index is 1270. The number of para-hydroxylation sites is 1. The normalized spacial score (nSPS) is 12.7. The van der Waals surface area contributed by atoms with Crippen molar-refractivity contribution in [3.05, 3.63) is 113 Å². The molecule has 5 heteroatoms. The van der Waals surface area contributed by atoms with Crippen molar-refractivity contribution in [2.24, 2.45) is 0 Å². The lowest BCUT2D eigenvalue weighted by molar-refractivity contribution is 0.272. The molecule has 0 fully saturated rings. The summed E-state index contributed by atoms with van der Waals surface area (Å²) in [6.45, 7) is 8.45. The summed E-state index contributed by atoms with van der Waals surface area (Å²) in [5.41, 5.74) is 7.75. The maximum atomic E-state index is 10.4. The molecule has 0 aliphatic heterocycles. The number of benzene rings is 3. The van der Waals surface area contributed by atoms with Crippen molar-refractivity contribution in [1.82, 2.24) is 9.88 Å². The Balaban J connectivity index is 1.44. The highest BCUT2D eigenvalue weighted by Gasteiger charge is 2.40. The molecule has 0 saturated carbocycles. The fourth-order valence-corrected chi connectivity index (χ4v) is 5.20. The van der Waals surface area contributed by atoms with Gasteiger partial charge in [-0.05, 0) is 46.9 Å². The number of hydrogen-bond donors (Lipinski definition) is 3. The molecule has 0 aliphatic rings. The topological polar surface area (TPSA) is 59.5 Å². The zero-order valence-electron chi connectivity index (χ0n) is 21.6. The average molecular weight is 499 g/mol. The highest BCUT2D eigenvalue weighted by atomic mass is 28.4. The van der Waals surface area contributed by atoms with Gasteiger partial charge in [0.2, 0.25) is 0 Å². The highest BCUT2D eigenvalue weighted by molar-refractivity contribution is 6.73. The van der Waals surface area contributed by atoms with Crippen LogP contribution in [0.15, 0.2) is 90.8 Å². The molecule has 4 aromatic rings. The molecule has 1 heterocycles. The van der Waals surface area contributed by atoms with Gasteiger partial charge in [0.1, 0.15) is 0 Å². The Morgan fingerprint density at radius 3 is 2.19 bits per heavy atom. The summed E-state index contributed by atoms with van der Waals surface area (Å²) in [6, 6.07) is 27.6. The fourth-order valence-electron chi connectivity index (χ4n) is 4.27. The summed E-state index contributed by atoms with van der Waals surface area (Å²) in [5, 5.41) is 0.785. The monoisotopic (exact) mass is 498 g/mol. The van der Waals surface area contributed by atoms with Crippen LogP contribution in [-0.2, 0) is 19.4 Å². The predicted molar refractivity (Wildman–Crippen MR) is 153 cm³/mol. The van der Waals surface area contributed by atoms with Crippen LogP contribution in [0, 0.1) is 0 Å². The van der Waals surface area contributed by atoms with E-state index in [4.69, 9.17) is 0 Å². The van der Waals surface area contributed by atoms with Gasteiger partial charge < -0.3 is 14.6 Å². The zero-order valence-corrected chi connectivity index (χ0v) is 22.6. The van der Waals surface area contributed by atoms with E-state index in [2.05, 4.69) is 94.9 Å². The quantitative estimate of drug-likeness (QED) is 0.227. The van der Waals surface area contributed by atoms with Crippen LogP contribution in [-0.4, -0.2) is 41.1 Å². The van der Waals surface area contributed by atoms with E-state index in [-0.39, 0.29) is 0 Å². The van der Waals surface area contributed by atoms with E-state index in [1.54, 1.807) is 5.70 Å². The van der Waals surface area contributed by atoms with E-state index in [0.717, 1.165) is 38.0 Å². The van der Waals surface area contributed by atoms with Gasteiger partial charge in [-0.2, -0.15) is 0 Å². The summed E-state index contributed by atoms with van der Waals surface area (Å²) in [5.74, 6) is 0. The van der Waals surface area contributed by atoms with Crippen LogP contribution in [0.4, 0.5) is 0 Å². The number of nitrogens with zero attached hydrogens (tertiary/aromatic N) is 1. The van der Waals surface area contributed by atoms with Crippen molar-refractivity contribution in [3.8, 4) is 0 Å². The number of fused-ring (bicyclic) bond motifs is 1. The van der Waals surface area contributed by atoms with Crippen LogP contribution in [0.3, 0.4) is 0 Å². The number of rotatable bonds is 10. The Morgan fingerprint density at radius 1 is 0.806 bits per heavy atom. The van der Waals surface area contributed by atoms with Gasteiger partial charge in [0.15, 0.2) is 0 Å². The van der Waals surface area contributed by atoms with Crippen molar-refractivity contribution in [2.75, 3.05) is 13.1 Å². The van der Waals surface area contributed by atoms with Crippen molar-refractivity contribution in [1.29, 1.82) is 0 Å². The molecule has 4 nitrogen and oxygen atoms in total. The summed E-state index contributed by atoms with van der Waals surface area (Å²) in [6.07, 6.45) is 5.99. The third-order valence-electron chi connectivity index (χ3n) is 6.93. The van der Waals surface area contributed by atoms with Crippen LogP contribution in [0.5, 0.6) is 0 Å². The summed E-state index contributed by atoms with van der Waals surface area (Å²) >= 11 is 0. The first-order valence-electron chi connectivity index (χ1n) is 12.8. The lowest BCUT2D eigenvalue weighted by Gasteiger charge is -2.28. The molecule has 0 saturated heterocycles. The van der Waals surface area contributed by atoms with Crippen LogP contribution in [0.2, 0.25) is 5.04 Å². The molecule has 0 aliphatic carbocycles. The molecular formula is C31H38N2O2Si. The average Bonchev–Trinajstić information content (AvgIpc) is 3.28. The molecule has 4 rings (SSSR count). The van der Waals surface area contributed by atoms with Crippen LogP contribution in [0.1, 0.15) is 43.0 Å². The zero-order chi connectivity index (χ0) is 25.6. The Kier molecular flexibility index (Phi) is 8.27. The lowest BCUT2D eigenvalue weighted by atomic mass is 10.1. The third-order valence-corrected chi connectivity index (χ3v) is 9.77. The van der Waals surface area contributed by atoms with Crippen LogP contribution >= 0.6 is 0 Å². The largest absolute Gasteiger partial charge is 0.407 e. The molecule has 0 amide bonds. The molecule has 188 valence electrons. The van der Waals surface area contributed by atoms with Crippen molar-refractivity contribution in [3.63, 3.8) is 0 Å². The molecule has 36 heavy (non-hydrogen) atoms. The van der Waals surface area contributed by atoms with Gasteiger partial charge in [-0.1, -0.05) is 99.6 Å². The SMILES string of the molecule is CC(C)(C)[Si](O)(O)C=Cc1ccc(CN(CCc2ccccc2)CCc2c[nH]c3ccccc23)cc1. The molecule has 0 atom stereocenters. The smallest absolute Gasteiger partial charge is 0.365 e. The standard InChI is InChI=1S/C31H38N2O2Si/c1-31(2,3)36(34,35)22-19-26-13-15-27(16-14-26)24-33(20-17-25-9-5-4-6-10-25)21-18-28-23-32-30-12-8-7-11-29(28)30/h4-16,19,22-23,32,34-35H,17-18,20-21,24H2,1-3H3. The number of H-pyrrole nitrogens is 1. The molecule has 0 bridgehead atoms. The summed E-state index contributed by atoms with van der Waals surface area (Å²) in [4.78, 5) is 26.8. The van der Waals surface area contributed by atoms with Gasteiger partial charge in [0.25, 0.3) is 0 Å². The first-order chi connectivity index (χ1) is 17.2. The predicted octanol–water partition coefficient (Wildman–Crippen LogP) is 6.23. The second-order valence-electron chi connectivity index (χ2n) is 10.7. The molecular weight excluding hydrogens is 460 g/mol. The second-order valence-corrected chi connectivity index (χ2v) is 14.0. The van der Waals surface area contributed by atoms with E-state index in [9.17, 15) is 9.59 Å². The minimum Gasteiger partial charge on any atom is -0.407 e. The molecule has 1 aromatic heterocycles. The minimum atomic E-state index is -3.42. The summed E-state index contributed by atoms with van der Waals surface area (Å²) < 4.78 is 0. The van der Waals surface area contributed by atoms with E-state index < -0.39 is 13.6 Å². The molecule has 0 spiro atoms. The van der Waals surface area contributed by atoms with E-state index in [1.807, 2.05) is 26.8 Å². The number of aromatic amines is 1. The molecule has 3 aromatic carbocycles. The maximum absolute atomic E-state index is 10.4. The molecule has 3 N–H and O–H groups in total. The minimum absolute atomic E-state index is 0.520. The first-order valence-corrected chi connectivity index (χ1v) is 14.7. The first kappa shape index (κ1) is 26.1. The molecule has 0 radical (unpaired) electrons. The van der Waals surface area contributed by atoms with Gasteiger partial charge in [0, 0.05) is 41.8 Å². The van der Waals surface area contributed by atoms with Gasteiger partial charge >= 0.3 is 8.56 Å². The van der Waals surface area contributed by atoms with E-state index in [1.165, 1.54) is 27.6 Å². The van der Waals surface area contributed by atoms with Crippen LogP contribution < -0.4 is 0 Å². The molecule has 0 unspecified atom stereocenters. The number of aromatic nitrogens is 1. The Labute approximate surface area is 216 Å². The number of hydrogen-bond acceptors (Lipinski definition) is 3. The fraction of sp³-hybridized carbons (Fsp3) is 0.290. The van der Waals surface area contributed by atoms with Crippen LogP contribution in [0.25, 0.3) is 17.0 Å². The highest BCUT2D eigenvalue weighted by Crippen LogP contribution is 2.33. The Hall–Kier alpha value is -2.96. The summed E-state index contributed by atoms with van der Waals surface area (Å²) in [7, 11) is -3.42. The van der Waals surface area contributed by atoms with Gasteiger partial charge in [-0.25, -0.2) is 0 Å². The van der Waals surface area contributed by atoms with Gasteiger partial charge in [0.05, 0.1) is 0 Å². The van der Waals surface area contributed by atoms with Crippen molar-refractivity contribution in [2.45, 2.75) is 45.2 Å². The van der Waals surface area contributed by atoms with E-state index in [0.29, 0.717) is 0 Å². The number of nitrogens with one attached hydrogen (secondary N) is 1. The van der Waals surface area contributed by atoms with Gasteiger partial charge in [-0.3, -0.25) is 4.90 Å². The maximum Gasteiger partial charge on any atom is 0.365 e. The lowest BCUT2D eigenvalue weighted by Crippen LogP contribution is -2.42. The van der Waals surface area contributed by atoms with Crippen molar-refractivity contribution < 1.29 is 9.59 Å². The van der Waals surface area contributed by atoms with E-state index >= 15 is 0 Å². The Morgan fingerprint density at radius 2 is 1.47 bits per heavy atom. The second kappa shape index (κ2) is 11.4.